The SMILES string of the molecule is CCCC1CCC(C2CCC(C(=O)O)CC2)C(F)C1. The molecule has 2 aliphatic rings. The minimum atomic E-state index is -0.665. The van der Waals surface area contributed by atoms with Crippen LogP contribution in [0.5, 0.6) is 0 Å². The van der Waals surface area contributed by atoms with E-state index in [1.54, 1.807) is 0 Å². The third-order valence-electron chi connectivity index (χ3n) is 5.35. The minimum Gasteiger partial charge on any atom is -0.481 e. The molecule has 3 heteroatoms. The Morgan fingerprint density at radius 1 is 1.16 bits per heavy atom. The summed E-state index contributed by atoms with van der Waals surface area (Å²) in [5, 5.41) is 9.01. The lowest BCUT2D eigenvalue weighted by Crippen LogP contribution is -2.34. The molecule has 19 heavy (non-hydrogen) atoms. The maximum atomic E-state index is 14.3. The van der Waals surface area contributed by atoms with Gasteiger partial charge in [0.05, 0.1) is 5.92 Å². The maximum Gasteiger partial charge on any atom is 0.306 e. The molecule has 0 radical (unpaired) electrons. The van der Waals surface area contributed by atoms with E-state index in [0.29, 0.717) is 11.8 Å². The summed E-state index contributed by atoms with van der Waals surface area (Å²) in [4.78, 5) is 10.9. The van der Waals surface area contributed by atoms with Crippen molar-refractivity contribution in [1.82, 2.24) is 0 Å². The summed E-state index contributed by atoms with van der Waals surface area (Å²) in [6.45, 7) is 2.17. The largest absolute Gasteiger partial charge is 0.481 e. The van der Waals surface area contributed by atoms with Crippen molar-refractivity contribution in [3.63, 3.8) is 0 Å². The van der Waals surface area contributed by atoms with Crippen LogP contribution in [0.1, 0.15) is 64.7 Å². The average Bonchev–Trinajstić information content (AvgIpc) is 2.39. The third kappa shape index (κ3) is 3.70. The molecule has 0 heterocycles. The van der Waals surface area contributed by atoms with E-state index in [0.717, 1.165) is 44.9 Å². The van der Waals surface area contributed by atoms with Gasteiger partial charge in [-0.2, -0.15) is 0 Å². The molecule has 3 atom stereocenters. The van der Waals surface area contributed by atoms with Crippen LogP contribution in [0.15, 0.2) is 0 Å². The van der Waals surface area contributed by atoms with Crippen molar-refractivity contribution in [1.29, 1.82) is 0 Å². The van der Waals surface area contributed by atoms with Gasteiger partial charge in [0.25, 0.3) is 0 Å². The Labute approximate surface area is 115 Å². The highest BCUT2D eigenvalue weighted by molar-refractivity contribution is 5.69. The molecule has 3 unspecified atom stereocenters. The lowest BCUT2D eigenvalue weighted by atomic mass is 9.68. The van der Waals surface area contributed by atoms with Gasteiger partial charge in [0.1, 0.15) is 6.17 Å². The van der Waals surface area contributed by atoms with Gasteiger partial charge < -0.3 is 5.11 Å². The zero-order valence-electron chi connectivity index (χ0n) is 12.0. The fourth-order valence-electron chi connectivity index (χ4n) is 4.22. The van der Waals surface area contributed by atoms with E-state index in [9.17, 15) is 9.18 Å². The molecule has 1 N–H and O–H groups in total. The monoisotopic (exact) mass is 270 g/mol. The summed E-state index contributed by atoms with van der Waals surface area (Å²) in [7, 11) is 0. The maximum absolute atomic E-state index is 14.3. The van der Waals surface area contributed by atoms with E-state index in [1.165, 1.54) is 12.8 Å². The summed E-state index contributed by atoms with van der Waals surface area (Å²) >= 11 is 0. The number of halogens is 1. The first kappa shape index (κ1) is 14.8. The zero-order valence-corrected chi connectivity index (χ0v) is 12.0. The Morgan fingerprint density at radius 3 is 2.37 bits per heavy atom. The number of hydrogen-bond acceptors (Lipinski definition) is 1. The summed E-state index contributed by atoms with van der Waals surface area (Å²) in [6, 6.07) is 0. The fraction of sp³-hybridized carbons (Fsp3) is 0.938. The molecule has 2 rings (SSSR count). The summed E-state index contributed by atoms with van der Waals surface area (Å²) in [6.07, 6.45) is 7.97. The lowest BCUT2D eigenvalue weighted by Gasteiger charge is -2.39. The first-order valence-corrected chi connectivity index (χ1v) is 7.98. The summed E-state index contributed by atoms with van der Waals surface area (Å²) in [5.41, 5.74) is 0. The molecule has 2 nitrogen and oxygen atoms in total. The second-order valence-electron chi connectivity index (χ2n) is 6.60. The van der Waals surface area contributed by atoms with Crippen LogP contribution in [0.3, 0.4) is 0 Å². The van der Waals surface area contributed by atoms with Crippen LogP contribution in [0.2, 0.25) is 0 Å². The van der Waals surface area contributed by atoms with Crippen LogP contribution in [0, 0.1) is 23.7 Å². The lowest BCUT2D eigenvalue weighted by molar-refractivity contribution is -0.143. The molecule has 0 spiro atoms. The van der Waals surface area contributed by atoms with Crippen LogP contribution in [0.4, 0.5) is 4.39 Å². The third-order valence-corrected chi connectivity index (χ3v) is 5.35. The van der Waals surface area contributed by atoms with E-state index in [4.69, 9.17) is 5.11 Å². The Hall–Kier alpha value is -0.600. The highest BCUT2D eigenvalue weighted by Crippen LogP contribution is 2.43. The van der Waals surface area contributed by atoms with Crippen LogP contribution < -0.4 is 0 Å². The molecular formula is C16H27FO2. The van der Waals surface area contributed by atoms with Gasteiger partial charge in [-0.25, -0.2) is 4.39 Å². The Bertz CT molecular complexity index is 297. The van der Waals surface area contributed by atoms with Gasteiger partial charge in [-0.05, 0) is 62.7 Å². The number of carbonyl (C=O) groups is 1. The molecule has 2 saturated carbocycles. The van der Waals surface area contributed by atoms with Crippen LogP contribution >= 0.6 is 0 Å². The number of aliphatic carboxylic acids is 1. The van der Waals surface area contributed by atoms with Crippen molar-refractivity contribution in [2.45, 2.75) is 70.9 Å². The van der Waals surface area contributed by atoms with E-state index in [2.05, 4.69) is 6.92 Å². The molecule has 2 aliphatic carbocycles. The predicted molar refractivity (Wildman–Crippen MR) is 73.7 cm³/mol. The predicted octanol–water partition coefficient (Wildman–Crippen LogP) is 4.43. The van der Waals surface area contributed by atoms with E-state index < -0.39 is 12.1 Å². The number of alkyl halides is 1. The molecule has 0 aromatic heterocycles. The quantitative estimate of drug-likeness (QED) is 0.820. The van der Waals surface area contributed by atoms with Crippen molar-refractivity contribution < 1.29 is 14.3 Å². The second-order valence-corrected chi connectivity index (χ2v) is 6.60. The Balaban J connectivity index is 1.82. The number of carboxylic acids is 1. The van der Waals surface area contributed by atoms with E-state index in [-0.39, 0.29) is 11.8 Å². The summed E-state index contributed by atoms with van der Waals surface area (Å²) in [5.74, 6) is 0.398. The first-order valence-electron chi connectivity index (χ1n) is 7.98. The number of carboxylic acid groups (broad SMARTS) is 1. The molecule has 0 aromatic rings. The number of hydrogen-bond donors (Lipinski definition) is 1. The van der Waals surface area contributed by atoms with Gasteiger partial charge in [-0.15, -0.1) is 0 Å². The average molecular weight is 270 g/mol. The van der Waals surface area contributed by atoms with Gasteiger partial charge in [-0.1, -0.05) is 19.8 Å². The molecule has 110 valence electrons. The highest BCUT2D eigenvalue weighted by atomic mass is 19.1. The van der Waals surface area contributed by atoms with Gasteiger partial charge in [0, 0.05) is 0 Å². The topological polar surface area (TPSA) is 37.3 Å². The van der Waals surface area contributed by atoms with Crippen LogP contribution in [-0.4, -0.2) is 17.2 Å². The van der Waals surface area contributed by atoms with Gasteiger partial charge in [0.2, 0.25) is 0 Å². The summed E-state index contributed by atoms with van der Waals surface area (Å²) < 4.78 is 14.3. The second kappa shape index (κ2) is 6.71. The first-order chi connectivity index (χ1) is 9.11. The standard InChI is InChI=1S/C16H27FO2/c1-2-3-11-4-9-14(15(17)10-11)12-5-7-13(8-6-12)16(18)19/h11-15H,2-10H2,1H3,(H,18,19). The van der Waals surface area contributed by atoms with Crippen LogP contribution in [0.25, 0.3) is 0 Å². The number of rotatable bonds is 4. The van der Waals surface area contributed by atoms with Crippen LogP contribution in [-0.2, 0) is 4.79 Å². The van der Waals surface area contributed by atoms with Crippen molar-refractivity contribution >= 4 is 5.97 Å². The van der Waals surface area contributed by atoms with Gasteiger partial charge in [0.15, 0.2) is 0 Å². The normalized spacial score (nSPS) is 40.0. The highest BCUT2D eigenvalue weighted by Gasteiger charge is 2.37. The van der Waals surface area contributed by atoms with Crippen molar-refractivity contribution in [3.8, 4) is 0 Å². The van der Waals surface area contributed by atoms with Crippen molar-refractivity contribution in [3.05, 3.63) is 0 Å². The smallest absolute Gasteiger partial charge is 0.306 e. The molecule has 0 aliphatic heterocycles. The van der Waals surface area contributed by atoms with E-state index in [1.807, 2.05) is 0 Å². The minimum absolute atomic E-state index is 0.175. The zero-order chi connectivity index (χ0) is 13.8. The van der Waals surface area contributed by atoms with Gasteiger partial charge >= 0.3 is 5.97 Å². The van der Waals surface area contributed by atoms with Crippen molar-refractivity contribution in [2.75, 3.05) is 0 Å². The van der Waals surface area contributed by atoms with Crippen molar-refractivity contribution in [2.24, 2.45) is 23.7 Å². The molecule has 0 saturated heterocycles. The molecule has 0 bridgehead atoms. The Kier molecular flexibility index (Phi) is 5.23. The van der Waals surface area contributed by atoms with E-state index >= 15 is 0 Å². The molecular weight excluding hydrogens is 243 g/mol. The Morgan fingerprint density at radius 2 is 1.84 bits per heavy atom. The molecule has 0 amide bonds. The molecule has 0 aromatic carbocycles. The fourth-order valence-corrected chi connectivity index (χ4v) is 4.22. The van der Waals surface area contributed by atoms with Gasteiger partial charge in [-0.3, -0.25) is 4.79 Å². The molecule has 2 fully saturated rings.